The van der Waals surface area contributed by atoms with Crippen molar-refractivity contribution >= 4 is 0 Å². The van der Waals surface area contributed by atoms with Crippen LogP contribution >= 0.6 is 0 Å². The van der Waals surface area contributed by atoms with E-state index in [9.17, 15) is 0 Å². The Morgan fingerprint density at radius 1 is 1.05 bits per heavy atom. The van der Waals surface area contributed by atoms with E-state index in [1.54, 1.807) is 0 Å². The Labute approximate surface area is 114 Å². The number of aromatic nitrogens is 2. The molecular weight excluding hydrogens is 234 g/mol. The summed E-state index contributed by atoms with van der Waals surface area (Å²) in [7, 11) is 0. The maximum atomic E-state index is 4.77. The van der Waals surface area contributed by atoms with Gasteiger partial charge in [-0.15, -0.1) is 0 Å². The Morgan fingerprint density at radius 2 is 1.84 bits per heavy atom. The van der Waals surface area contributed by atoms with Crippen LogP contribution in [0.25, 0.3) is 11.3 Å². The summed E-state index contributed by atoms with van der Waals surface area (Å²) in [6.45, 7) is 8.30. The molecule has 19 heavy (non-hydrogen) atoms. The molecular formula is C16H19N3. The third-order valence-corrected chi connectivity index (χ3v) is 3.68. The molecule has 1 aliphatic rings. The molecule has 1 aromatic carbocycles. The second-order valence-electron chi connectivity index (χ2n) is 5.43. The number of hydrogen-bond acceptors (Lipinski definition) is 3. The van der Waals surface area contributed by atoms with Gasteiger partial charge in [0.05, 0.1) is 5.69 Å². The average Bonchev–Trinajstić information content (AvgIpc) is 2.25. The van der Waals surface area contributed by atoms with Crippen LogP contribution in [0.4, 0.5) is 0 Å². The third kappa shape index (κ3) is 2.38. The minimum Gasteiger partial charge on any atom is -0.315 e. The topological polar surface area (TPSA) is 37.8 Å². The van der Waals surface area contributed by atoms with Crippen molar-refractivity contribution in [2.45, 2.75) is 26.7 Å². The van der Waals surface area contributed by atoms with Crippen molar-refractivity contribution in [3.8, 4) is 11.3 Å². The lowest BCUT2D eigenvalue weighted by Crippen LogP contribution is -2.41. The fourth-order valence-corrected chi connectivity index (χ4v) is 2.48. The number of benzene rings is 1. The van der Waals surface area contributed by atoms with Crippen molar-refractivity contribution in [1.82, 2.24) is 15.3 Å². The number of rotatable bonds is 2. The fourth-order valence-electron chi connectivity index (χ4n) is 2.48. The van der Waals surface area contributed by atoms with E-state index >= 15 is 0 Å². The van der Waals surface area contributed by atoms with Crippen LogP contribution < -0.4 is 5.32 Å². The van der Waals surface area contributed by atoms with Crippen LogP contribution in [0.5, 0.6) is 0 Å². The lowest BCUT2D eigenvalue weighted by molar-refractivity contribution is 0.429. The summed E-state index contributed by atoms with van der Waals surface area (Å²) in [4.78, 5) is 9.34. The van der Waals surface area contributed by atoms with Crippen molar-refractivity contribution in [1.29, 1.82) is 0 Å². The van der Waals surface area contributed by atoms with Crippen molar-refractivity contribution in [3.05, 3.63) is 46.9 Å². The predicted molar refractivity (Wildman–Crippen MR) is 77.3 cm³/mol. The van der Waals surface area contributed by atoms with E-state index in [4.69, 9.17) is 4.98 Å². The summed E-state index contributed by atoms with van der Waals surface area (Å²) in [5.74, 6) is 1.46. The van der Waals surface area contributed by atoms with Gasteiger partial charge in [-0.3, -0.25) is 0 Å². The summed E-state index contributed by atoms with van der Waals surface area (Å²) in [5, 5.41) is 3.28. The van der Waals surface area contributed by atoms with Crippen LogP contribution in [-0.2, 0) is 0 Å². The first-order valence-electron chi connectivity index (χ1n) is 6.77. The maximum absolute atomic E-state index is 4.77. The zero-order valence-corrected chi connectivity index (χ0v) is 11.7. The van der Waals surface area contributed by atoms with E-state index in [1.807, 2.05) is 6.92 Å². The fraction of sp³-hybridized carbons (Fsp3) is 0.375. The van der Waals surface area contributed by atoms with Gasteiger partial charge < -0.3 is 5.32 Å². The molecule has 2 aromatic rings. The molecule has 0 aliphatic carbocycles. The van der Waals surface area contributed by atoms with Crippen molar-refractivity contribution in [2.75, 3.05) is 13.1 Å². The summed E-state index contributed by atoms with van der Waals surface area (Å²) in [6, 6.07) is 8.59. The molecule has 0 amide bonds. The minimum absolute atomic E-state index is 0.476. The molecule has 1 N–H and O–H groups in total. The highest BCUT2D eigenvalue weighted by Gasteiger charge is 2.22. The molecule has 3 rings (SSSR count). The summed E-state index contributed by atoms with van der Waals surface area (Å²) in [6.07, 6.45) is 0. The van der Waals surface area contributed by atoms with E-state index in [0.29, 0.717) is 5.92 Å². The van der Waals surface area contributed by atoms with E-state index < -0.39 is 0 Å². The van der Waals surface area contributed by atoms with E-state index in [0.717, 1.165) is 30.3 Å². The van der Waals surface area contributed by atoms with Crippen LogP contribution in [-0.4, -0.2) is 23.1 Å². The van der Waals surface area contributed by atoms with Crippen LogP contribution in [0.2, 0.25) is 0 Å². The number of nitrogens with zero attached hydrogens (tertiary/aromatic N) is 2. The lowest BCUT2D eigenvalue weighted by atomic mass is 10.00. The smallest absolute Gasteiger partial charge is 0.134 e. The second kappa shape index (κ2) is 4.74. The number of nitrogens with one attached hydrogen (secondary N) is 1. The molecule has 1 aliphatic heterocycles. The Hall–Kier alpha value is -1.74. The molecule has 1 fully saturated rings. The van der Waals surface area contributed by atoms with Gasteiger partial charge in [-0.1, -0.05) is 23.8 Å². The van der Waals surface area contributed by atoms with Gasteiger partial charge in [-0.05, 0) is 32.4 Å². The minimum atomic E-state index is 0.476. The molecule has 1 saturated heterocycles. The van der Waals surface area contributed by atoms with E-state index in [-0.39, 0.29) is 0 Å². The van der Waals surface area contributed by atoms with Crippen LogP contribution in [0.3, 0.4) is 0 Å². The zero-order valence-electron chi connectivity index (χ0n) is 11.7. The van der Waals surface area contributed by atoms with Crippen LogP contribution in [0.1, 0.15) is 28.6 Å². The van der Waals surface area contributed by atoms with Crippen LogP contribution in [0, 0.1) is 20.8 Å². The van der Waals surface area contributed by atoms with Gasteiger partial charge in [0.15, 0.2) is 0 Å². The predicted octanol–water partition coefficient (Wildman–Crippen LogP) is 2.76. The van der Waals surface area contributed by atoms with Gasteiger partial charge in [-0.25, -0.2) is 9.97 Å². The van der Waals surface area contributed by atoms with Gasteiger partial charge in [0.2, 0.25) is 0 Å². The third-order valence-electron chi connectivity index (χ3n) is 3.68. The molecule has 1 aromatic heterocycles. The van der Waals surface area contributed by atoms with Gasteiger partial charge in [0.25, 0.3) is 0 Å². The number of hydrogen-bond donors (Lipinski definition) is 1. The monoisotopic (exact) mass is 253 g/mol. The largest absolute Gasteiger partial charge is 0.315 e. The quantitative estimate of drug-likeness (QED) is 0.894. The van der Waals surface area contributed by atoms with Crippen molar-refractivity contribution < 1.29 is 0 Å². The molecule has 0 atom stereocenters. The van der Waals surface area contributed by atoms with E-state index in [1.165, 1.54) is 16.7 Å². The molecule has 3 nitrogen and oxygen atoms in total. The Kier molecular flexibility index (Phi) is 3.07. The molecule has 0 radical (unpaired) electrons. The molecule has 0 unspecified atom stereocenters. The molecule has 2 heterocycles. The summed E-state index contributed by atoms with van der Waals surface area (Å²) < 4.78 is 0. The van der Waals surface area contributed by atoms with Gasteiger partial charge in [0.1, 0.15) is 5.82 Å². The highest BCUT2D eigenvalue weighted by Crippen LogP contribution is 2.25. The van der Waals surface area contributed by atoms with Gasteiger partial charge in [0, 0.05) is 30.3 Å². The molecule has 98 valence electrons. The Balaban J connectivity index is 2.06. The highest BCUT2D eigenvalue weighted by atomic mass is 15.0. The Morgan fingerprint density at radius 3 is 2.47 bits per heavy atom. The van der Waals surface area contributed by atoms with Gasteiger partial charge in [-0.2, -0.15) is 0 Å². The highest BCUT2D eigenvalue weighted by molar-refractivity contribution is 5.64. The molecule has 0 saturated carbocycles. The summed E-state index contributed by atoms with van der Waals surface area (Å²) >= 11 is 0. The zero-order chi connectivity index (χ0) is 13.4. The molecule has 3 heteroatoms. The average molecular weight is 253 g/mol. The van der Waals surface area contributed by atoms with Crippen molar-refractivity contribution in [2.24, 2.45) is 0 Å². The first-order valence-corrected chi connectivity index (χ1v) is 6.77. The standard InChI is InChI=1S/C16H19N3/c1-10-4-5-14(11(2)6-10)15-7-12(3)18-16(19-15)13-8-17-9-13/h4-7,13,17H,8-9H2,1-3H3. The van der Waals surface area contributed by atoms with Crippen molar-refractivity contribution in [3.63, 3.8) is 0 Å². The SMILES string of the molecule is Cc1ccc(-c2cc(C)nc(C3CNC3)n2)c(C)c1. The molecule has 0 bridgehead atoms. The Bertz CT molecular complexity index is 615. The second-order valence-corrected chi connectivity index (χ2v) is 5.43. The van der Waals surface area contributed by atoms with Gasteiger partial charge >= 0.3 is 0 Å². The number of aryl methyl sites for hydroxylation is 3. The first kappa shape index (κ1) is 12.3. The molecule has 0 spiro atoms. The first-order chi connectivity index (χ1) is 9.13. The summed E-state index contributed by atoms with van der Waals surface area (Å²) in [5.41, 5.74) is 5.87. The normalized spacial score (nSPS) is 15.3. The maximum Gasteiger partial charge on any atom is 0.134 e. The van der Waals surface area contributed by atoms with E-state index in [2.05, 4.69) is 48.4 Å². The lowest BCUT2D eigenvalue weighted by Gasteiger charge is -2.26. The van der Waals surface area contributed by atoms with Crippen LogP contribution in [0.15, 0.2) is 24.3 Å².